The van der Waals surface area contributed by atoms with Crippen molar-refractivity contribution in [3.8, 4) is 5.69 Å². The zero-order valence-electron chi connectivity index (χ0n) is 20.2. The smallest absolute Gasteiger partial charge is 0.293 e. The van der Waals surface area contributed by atoms with E-state index in [1.807, 2.05) is 0 Å². The molecule has 13 heteroatoms. The van der Waals surface area contributed by atoms with Crippen molar-refractivity contribution in [3.05, 3.63) is 57.2 Å². The molecule has 1 aromatic heterocycles. The fourth-order valence-electron chi connectivity index (χ4n) is 3.94. The summed E-state index contributed by atoms with van der Waals surface area (Å²) in [6, 6.07) is 7.61. The summed E-state index contributed by atoms with van der Waals surface area (Å²) >= 11 is 0.857. The Morgan fingerprint density at radius 2 is 1.89 bits per heavy atom. The molecule has 2 aromatic rings. The second-order valence-electron chi connectivity index (χ2n) is 8.55. The van der Waals surface area contributed by atoms with E-state index < -0.39 is 4.92 Å². The van der Waals surface area contributed by atoms with Crippen molar-refractivity contribution < 1.29 is 24.0 Å². The number of nitro benzene ring substituents is 1. The summed E-state index contributed by atoms with van der Waals surface area (Å²) < 4.78 is 6.84. The van der Waals surface area contributed by atoms with Gasteiger partial charge in [-0.3, -0.25) is 34.3 Å². The molecule has 196 valence electrons. The predicted molar refractivity (Wildman–Crippen MR) is 137 cm³/mol. The first-order valence-electron chi connectivity index (χ1n) is 12.0. The van der Waals surface area contributed by atoms with Crippen molar-refractivity contribution in [2.24, 2.45) is 0 Å². The number of carbonyl (C=O) groups excluding carboxylic acids is 3. The highest BCUT2D eigenvalue weighted by atomic mass is 32.2. The maximum absolute atomic E-state index is 12.7. The molecule has 0 radical (unpaired) electrons. The Balaban J connectivity index is 1.21. The lowest BCUT2D eigenvalue weighted by Crippen LogP contribution is -2.41. The van der Waals surface area contributed by atoms with Crippen LogP contribution in [0, 0.1) is 10.1 Å². The molecule has 2 aliphatic heterocycles. The second kappa shape index (κ2) is 12.6. The molecule has 0 bridgehead atoms. The van der Waals surface area contributed by atoms with Crippen LogP contribution < -0.4 is 5.32 Å². The van der Waals surface area contributed by atoms with Gasteiger partial charge in [-0.1, -0.05) is 0 Å². The van der Waals surface area contributed by atoms with E-state index in [9.17, 15) is 24.5 Å². The first-order chi connectivity index (χ1) is 17.9. The molecular formula is C24H28N6O6S. The summed E-state index contributed by atoms with van der Waals surface area (Å²) in [6.07, 6.45) is 4.67. The number of carbonyl (C=O) groups is 3. The quantitative estimate of drug-likeness (QED) is 0.201. The van der Waals surface area contributed by atoms with Crippen LogP contribution in [0.15, 0.2) is 41.4 Å². The standard InChI is InChI=1S/C24H28N6O6S/c31-22(25-9-12-27-13-15-36-16-14-27)3-1-2-10-28-23(32)21(37-24(28)33)17-18-8-11-29(26-18)19-4-6-20(7-5-19)30(34)35/h4-8,11,17H,1-3,9-10,12-16H2,(H,25,31)/b21-17-. The first kappa shape index (κ1) is 26.5. The minimum absolute atomic E-state index is 0.0193. The summed E-state index contributed by atoms with van der Waals surface area (Å²) in [5.74, 6) is -0.416. The lowest BCUT2D eigenvalue weighted by molar-refractivity contribution is -0.384. The van der Waals surface area contributed by atoms with Crippen LogP contribution in [0.5, 0.6) is 0 Å². The SMILES string of the molecule is O=C(CCCCN1C(=O)S/C(=C\c2ccn(-c3ccc([N+](=O)[O-])cc3)n2)C1=O)NCCN1CCOCC1. The average Bonchev–Trinajstić information content (AvgIpc) is 3.47. The lowest BCUT2D eigenvalue weighted by Gasteiger charge is -2.26. The number of benzene rings is 1. The molecule has 0 saturated carbocycles. The number of amides is 3. The lowest BCUT2D eigenvalue weighted by atomic mass is 10.2. The highest BCUT2D eigenvalue weighted by Gasteiger charge is 2.34. The van der Waals surface area contributed by atoms with Gasteiger partial charge in [-0.15, -0.1) is 0 Å². The highest BCUT2D eigenvalue weighted by Crippen LogP contribution is 2.32. The normalized spacial score (nSPS) is 17.5. The number of unbranched alkanes of at least 4 members (excludes halogenated alkanes) is 1. The molecule has 2 aliphatic rings. The van der Waals surface area contributed by atoms with Gasteiger partial charge < -0.3 is 10.1 Å². The van der Waals surface area contributed by atoms with Gasteiger partial charge in [0.15, 0.2) is 0 Å². The molecule has 1 aromatic carbocycles. The van der Waals surface area contributed by atoms with Gasteiger partial charge in [0.1, 0.15) is 0 Å². The van der Waals surface area contributed by atoms with Crippen LogP contribution >= 0.6 is 11.8 Å². The number of nitro groups is 1. The summed E-state index contributed by atoms with van der Waals surface area (Å²) in [5, 5.41) is 17.8. The average molecular weight is 529 g/mol. The van der Waals surface area contributed by atoms with Crippen LogP contribution in [-0.2, 0) is 14.3 Å². The highest BCUT2D eigenvalue weighted by molar-refractivity contribution is 8.18. The maximum atomic E-state index is 12.7. The summed E-state index contributed by atoms with van der Waals surface area (Å²) in [5.41, 5.74) is 1.09. The van der Waals surface area contributed by atoms with Crippen LogP contribution in [0.2, 0.25) is 0 Å². The Labute approximate surface area is 217 Å². The molecule has 4 rings (SSSR count). The molecule has 12 nitrogen and oxygen atoms in total. The maximum Gasteiger partial charge on any atom is 0.293 e. The summed E-state index contributed by atoms with van der Waals surface area (Å²) in [6.45, 7) is 4.84. The topological polar surface area (TPSA) is 140 Å². The predicted octanol–water partition coefficient (Wildman–Crippen LogP) is 2.44. The van der Waals surface area contributed by atoms with Gasteiger partial charge in [0.2, 0.25) is 5.91 Å². The molecule has 37 heavy (non-hydrogen) atoms. The van der Waals surface area contributed by atoms with Crippen molar-refractivity contribution in [1.82, 2.24) is 24.9 Å². The van der Waals surface area contributed by atoms with Crippen LogP contribution in [-0.4, -0.2) is 87.5 Å². The molecule has 0 aliphatic carbocycles. The molecule has 2 fully saturated rings. The second-order valence-corrected chi connectivity index (χ2v) is 9.55. The number of morpholine rings is 1. The van der Waals surface area contributed by atoms with Crippen molar-refractivity contribution in [3.63, 3.8) is 0 Å². The van der Waals surface area contributed by atoms with Crippen LogP contribution in [0.3, 0.4) is 0 Å². The van der Waals surface area contributed by atoms with Crippen LogP contribution in [0.4, 0.5) is 10.5 Å². The van der Waals surface area contributed by atoms with Gasteiger partial charge in [0.25, 0.3) is 16.8 Å². The number of imide groups is 1. The van der Waals surface area contributed by atoms with E-state index in [-0.39, 0.29) is 34.2 Å². The van der Waals surface area contributed by atoms with E-state index in [4.69, 9.17) is 4.74 Å². The monoisotopic (exact) mass is 528 g/mol. The van der Waals surface area contributed by atoms with E-state index >= 15 is 0 Å². The third kappa shape index (κ3) is 7.24. The van der Waals surface area contributed by atoms with Crippen molar-refractivity contribution in [2.75, 3.05) is 45.9 Å². The van der Waals surface area contributed by atoms with Crippen molar-refractivity contribution in [1.29, 1.82) is 0 Å². The number of rotatable bonds is 11. The Morgan fingerprint density at radius 3 is 2.62 bits per heavy atom. The van der Waals surface area contributed by atoms with Crippen LogP contribution in [0.1, 0.15) is 25.0 Å². The van der Waals surface area contributed by atoms with E-state index in [1.165, 1.54) is 21.7 Å². The van der Waals surface area contributed by atoms with Gasteiger partial charge in [0, 0.05) is 57.5 Å². The van der Waals surface area contributed by atoms with Gasteiger partial charge in [-0.25, -0.2) is 4.68 Å². The molecule has 0 atom stereocenters. The van der Waals surface area contributed by atoms with E-state index in [0.29, 0.717) is 37.2 Å². The Hall–Kier alpha value is -3.55. The van der Waals surface area contributed by atoms with E-state index in [0.717, 1.165) is 44.6 Å². The van der Waals surface area contributed by atoms with Gasteiger partial charge in [-0.2, -0.15) is 5.10 Å². The fourth-order valence-corrected chi connectivity index (χ4v) is 4.78. The third-order valence-corrected chi connectivity index (χ3v) is 6.88. The Bertz CT molecular complexity index is 1170. The minimum Gasteiger partial charge on any atom is -0.379 e. The number of nitrogens with one attached hydrogen (secondary N) is 1. The number of nitrogens with zero attached hydrogens (tertiary/aromatic N) is 5. The van der Waals surface area contributed by atoms with E-state index in [2.05, 4.69) is 15.3 Å². The van der Waals surface area contributed by atoms with E-state index in [1.54, 1.807) is 30.5 Å². The third-order valence-electron chi connectivity index (χ3n) is 5.98. The number of hydrogen-bond donors (Lipinski definition) is 1. The zero-order valence-corrected chi connectivity index (χ0v) is 21.0. The van der Waals surface area contributed by atoms with Crippen molar-refractivity contribution in [2.45, 2.75) is 19.3 Å². The fraction of sp³-hybridized carbons (Fsp3) is 0.417. The summed E-state index contributed by atoms with van der Waals surface area (Å²) in [4.78, 5) is 51.2. The Morgan fingerprint density at radius 1 is 1.14 bits per heavy atom. The number of non-ortho nitro benzene ring substituents is 1. The van der Waals surface area contributed by atoms with Crippen LogP contribution in [0.25, 0.3) is 11.8 Å². The molecule has 0 unspecified atom stereocenters. The van der Waals surface area contributed by atoms with Crippen molar-refractivity contribution >= 4 is 40.6 Å². The molecule has 3 amide bonds. The summed E-state index contributed by atoms with van der Waals surface area (Å²) in [7, 11) is 0. The first-order valence-corrected chi connectivity index (χ1v) is 12.8. The van der Waals surface area contributed by atoms with Gasteiger partial charge >= 0.3 is 0 Å². The molecular weight excluding hydrogens is 500 g/mol. The molecule has 2 saturated heterocycles. The largest absolute Gasteiger partial charge is 0.379 e. The molecule has 1 N–H and O–H groups in total. The zero-order chi connectivity index (χ0) is 26.2. The number of thioether (sulfide) groups is 1. The Kier molecular flexibility index (Phi) is 9.04. The minimum atomic E-state index is -0.475. The number of aromatic nitrogens is 2. The van der Waals surface area contributed by atoms with Gasteiger partial charge in [0.05, 0.1) is 34.4 Å². The molecule has 3 heterocycles. The van der Waals surface area contributed by atoms with Gasteiger partial charge in [-0.05, 0) is 48.9 Å². The molecule has 0 spiro atoms. The number of hydrogen-bond acceptors (Lipinski definition) is 9. The number of ether oxygens (including phenoxy) is 1.